The lowest BCUT2D eigenvalue weighted by Gasteiger charge is -2.11. The fraction of sp³-hybridized carbons (Fsp3) is 0.222. The van der Waals surface area contributed by atoms with Gasteiger partial charge in [0.15, 0.2) is 0 Å². The van der Waals surface area contributed by atoms with Crippen molar-refractivity contribution in [3.05, 3.63) is 34.1 Å². The van der Waals surface area contributed by atoms with Crippen LogP contribution in [0.2, 0.25) is 0 Å². The highest BCUT2D eigenvalue weighted by molar-refractivity contribution is 9.10. The number of carbonyl (C=O) groups is 1. The summed E-state index contributed by atoms with van der Waals surface area (Å²) in [7, 11) is 1.23. The van der Waals surface area contributed by atoms with Crippen molar-refractivity contribution in [2.24, 2.45) is 5.73 Å². The SMILES string of the molecule is COC(=O)C(N)c1cc(F)ccc1Br.Cl. The molecule has 0 aliphatic heterocycles. The van der Waals surface area contributed by atoms with Crippen LogP contribution < -0.4 is 5.73 Å². The minimum atomic E-state index is -0.968. The van der Waals surface area contributed by atoms with Crippen molar-refractivity contribution in [3.8, 4) is 0 Å². The van der Waals surface area contributed by atoms with Crippen LogP contribution in [0.1, 0.15) is 11.6 Å². The molecule has 84 valence electrons. The maximum absolute atomic E-state index is 12.8. The molecule has 2 N–H and O–H groups in total. The molecule has 0 aromatic heterocycles. The van der Waals surface area contributed by atoms with Crippen LogP contribution in [0.4, 0.5) is 4.39 Å². The summed E-state index contributed by atoms with van der Waals surface area (Å²) >= 11 is 3.17. The van der Waals surface area contributed by atoms with Gasteiger partial charge in [0.1, 0.15) is 11.9 Å². The van der Waals surface area contributed by atoms with Crippen LogP contribution in [0.15, 0.2) is 22.7 Å². The minimum Gasteiger partial charge on any atom is -0.468 e. The molecule has 1 atom stereocenters. The smallest absolute Gasteiger partial charge is 0.327 e. The Balaban J connectivity index is 0.00000196. The van der Waals surface area contributed by atoms with Crippen molar-refractivity contribution in [1.29, 1.82) is 0 Å². The van der Waals surface area contributed by atoms with E-state index in [9.17, 15) is 9.18 Å². The Labute approximate surface area is 101 Å². The largest absolute Gasteiger partial charge is 0.468 e. The van der Waals surface area contributed by atoms with Crippen LogP contribution >= 0.6 is 28.3 Å². The number of nitrogens with two attached hydrogens (primary N) is 1. The second kappa shape index (κ2) is 6.05. The van der Waals surface area contributed by atoms with Gasteiger partial charge in [-0.2, -0.15) is 0 Å². The Morgan fingerprint density at radius 2 is 2.20 bits per heavy atom. The van der Waals surface area contributed by atoms with Crippen LogP contribution in [0, 0.1) is 5.82 Å². The average Bonchev–Trinajstić information content (AvgIpc) is 2.19. The van der Waals surface area contributed by atoms with Gasteiger partial charge in [0.25, 0.3) is 0 Å². The Hall–Kier alpha value is -0.650. The molecule has 6 heteroatoms. The van der Waals surface area contributed by atoms with E-state index in [0.717, 1.165) is 0 Å². The third kappa shape index (κ3) is 3.44. The van der Waals surface area contributed by atoms with Crippen molar-refractivity contribution in [1.82, 2.24) is 0 Å². The first-order valence-corrected chi connectivity index (χ1v) is 4.64. The molecule has 15 heavy (non-hydrogen) atoms. The van der Waals surface area contributed by atoms with E-state index >= 15 is 0 Å². The number of hydrogen-bond donors (Lipinski definition) is 1. The highest BCUT2D eigenvalue weighted by atomic mass is 79.9. The first kappa shape index (κ1) is 14.3. The van der Waals surface area contributed by atoms with Gasteiger partial charge < -0.3 is 10.5 Å². The molecule has 0 amide bonds. The molecular formula is C9H10BrClFNO2. The number of rotatable bonds is 2. The topological polar surface area (TPSA) is 52.3 Å². The van der Waals surface area contributed by atoms with Gasteiger partial charge in [0, 0.05) is 4.47 Å². The van der Waals surface area contributed by atoms with Gasteiger partial charge in [-0.1, -0.05) is 15.9 Å². The molecule has 1 aromatic rings. The minimum absolute atomic E-state index is 0. The Morgan fingerprint density at radius 1 is 1.60 bits per heavy atom. The van der Waals surface area contributed by atoms with E-state index in [-0.39, 0.29) is 12.4 Å². The summed E-state index contributed by atoms with van der Waals surface area (Å²) in [6, 6.07) is 3.00. The maximum atomic E-state index is 12.8. The highest BCUT2D eigenvalue weighted by Crippen LogP contribution is 2.23. The van der Waals surface area contributed by atoms with Crippen molar-refractivity contribution in [2.45, 2.75) is 6.04 Å². The summed E-state index contributed by atoms with van der Waals surface area (Å²) in [5.74, 6) is -1.04. The van der Waals surface area contributed by atoms with E-state index in [1.807, 2.05) is 0 Å². The van der Waals surface area contributed by atoms with E-state index in [1.165, 1.54) is 25.3 Å². The molecule has 1 aromatic carbocycles. The molecule has 0 bridgehead atoms. The Morgan fingerprint density at radius 3 is 2.73 bits per heavy atom. The van der Waals surface area contributed by atoms with E-state index in [0.29, 0.717) is 10.0 Å². The van der Waals surface area contributed by atoms with Gasteiger partial charge in [-0.3, -0.25) is 4.79 Å². The van der Waals surface area contributed by atoms with Crippen LogP contribution in [0.5, 0.6) is 0 Å². The zero-order valence-electron chi connectivity index (χ0n) is 7.87. The van der Waals surface area contributed by atoms with Gasteiger partial charge in [-0.05, 0) is 23.8 Å². The molecule has 0 aliphatic rings. The molecule has 0 heterocycles. The maximum Gasteiger partial charge on any atom is 0.327 e. The van der Waals surface area contributed by atoms with Gasteiger partial charge in [0.2, 0.25) is 0 Å². The molecular weight excluding hydrogens is 288 g/mol. The van der Waals surface area contributed by atoms with Crippen LogP contribution in [-0.2, 0) is 9.53 Å². The monoisotopic (exact) mass is 297 g/mol. The molecule has 0 saturated heterocycles. The molecule has 0 aliphatic carbocycles. The lowest BCUT2D eigenvalue weighted by Crippen LogP contribution is -2.23. The summed E-state index contributed by atoms with van der Waals surface area (Å²) in [5.41, 5.74) is 5.92. The second-order valence-electron chi connectivity index (χ2n) is 2.67. The molecule has 1 rings (SSSR count). The summed E-state index contributed by atoms with van der Waals surface area (Å²) in [6.45, 7) is 0. The fourth-order valence-corrected chi connectivity index (χ4v) is 1.50. The van der Waals surface area contributed by atoms with Gasteiger partial charge in [0.05, 0.1) is 7.11 Å². The fourth-order valence-electron chi connectivity index (χ4n) is 1.01. The van der Waals surface area contributed by atoms with E-state index in [1.54, 1.807) is 0 Å². The number of halogens is 3. The summed E-state index contributed by atoms with van der Waals surface area (Å²) in [6.07, 6.45) is 0. The van der Waals surface area contributed by atoms with Crippen molar-refractivity contribution >= 4 is 34.3 Å². The van der Waals surface area contributed by atoms with Crippen molar-refractivity contribution in [2.75, 3.05) is 7.11 Å². The van der Waals surface area contributed by atoms with Crippen LogP contribution in [0.3, 0.4) is 0 Å². The zero-order chi connectivity index (χ0) is 10.7. The first-order chi connectivity index (χ1) is 6.56. The number of benzene rings is 1. The van der Waals surface area contributed by atoms with Gasteiger partial charge in [-0.25, -0.2) is 4.39 Å². The van der Waals surface area contributed by atoms with Crippen molar-refractivity contribution < 1.29 is 13.9 Å². The quantitative estimate of drug-likeness (QED) is 0.852. The normalized spacial score (nSPS) is 11.5. The molecule has 0 spiro atoms. The molecule has 3 nitrogen and oxygen atoms in total. The first-order valence-electron chi connectivity index (χ1n) is 3.84. The van der Waals surface area contributed by atoms with Gasteiger partial charge >= 0.3 is 5.97 Å². The third-order valence-corrected chi connectivity index (χ3v) is 2.47. The molecule has 0 radical (unpaired) electrons. The van der Waals surface area contributed by atoms with E-state index in [4.69, 9.17) is 5.73 Å². The van der Waals surface area contributed by atoms with E-state index < -0.39 is 17.8 Å². The summed E-state index contributed by atoms with van der Waals surface area (Å²) in [4.78, 5) is 11.1. The van der Waals surface area contributed by atoms with Crippen LogP contribution in [-0.4, -0.2) is 13.1 Å². The Bertz CT molecular complexity index is 362. The zero-order valence-corrected chi connectivity index (χ0v) is 10.3. The number of ether oxygens (including phenoxy) is 1. The van der Waals surface area contributed by atoms with Gasteiger partial charge in [-0.15, -0.1) is 12.4 Å². The molecule has 0 fully saturated rings. The highest BCUT2D eigenvalue weighted by Gasteiger charge is 2.19. The average molecular weight is 299 g/mol. The lowest BCUT2D eigenvalue weighted by molar-refractivity contribution is -0.142. The molecule has 1 unspecified atom stereocenters. The van der Waals surface area contributed by atoms with Crippen molar-refractivity contribution in [3.63, 3.8) is 0 Å². The van der Waals surface area contributed by atoms with Crippen LogP contribution in [0.25, 0.3) is 0 Å². The summed E-state index contributed by atoms with van der Waals surface area (Å²) in [5, 5.41) is 0. The lowest BCUT2D eigenvalue weighted by atomic mass is 10.1. The molecule has 0 saturated carbocycles. The third-order valence-electron chi connectivity index (χ3n) is 1.75. The number of methoxy groups -OCH3 is 1. The summed E-state index contributed by atoms with van der Waals surface area (Å²) < 4.78 is 17.9. The number of hydrogen-bond acceptors (Lipinski definition) is 3. The Kier molecular flexibility index (Phi) is 5.79. The predicted octanol–water partition coefficient (Wildman–Crippen LogP) is 2.18. The number of carbonyl (C=O) groups excluding carboxylic acids is 1. The predicted molar refractivity (Wildman–Crippen MR) is 60.3 cm³/mol. The van der Waals surface area contributed by atoms with E-state index in [2.05, 4.69) is 20.7 Å². The second-order valence-corrected chi connectivity index (χ2v) is 3.52. The standard InChI is InChI=1S/C9H9BrFNO2.ClH/c1-14-9(13)8(12)6-4-5(11)2-3-7(6)10;/h2-4,8H,12H2,1H3;1H. The number of esters is 1.